The van der Waals surface area contributed by atoms with Crippen LogP contribution >= 0.6 is 11.6 Å². The number of hydrogen-bond acceptors (Lipinski definition) is 4. The molecule has 23 heavy (non-hydrogen) atoms. The lowest BCUT2D eigenvalue weighted by atomic mass is 9.82. The van der Waals surface area contributed by atoms with Crippen LogP contribution in [0.1, 0.15) is 38.5 Å². The molecule has 0 spiro atoms. The van der Waals surface area contributed by atoms with Gasteiger partial charge in [-0.25, -0.2) is 4.98 Å². The van der Waals surface area contributed by atoms with Crippen LogP contribution in [0.2, 0.25) is 5.02 Å². The highest BCUT2D eigenvalue weighted by molar-refractivity contribution is 6.30. The van der Waals surface area contributed by atoms with Crippen LogP contribution in [0.4, 0.5) is 5.82 Å². The molecule has 6 heteroatoms. The van der Waals surface area contributed by atoms with Crippen LogP contribution in [0.3, 0.4) is 0 Å². The Morgan fingerprint density at radius 2 is 1.87 bits per heavy atom. The van der Waals surface area contributed by atoms with E-state index in [1.807, 2.05) is 17.0 Å². The summed E-state index contributed by atoms with van der Waals surface area (Å²) in [5.74, 6) is 0.977. The van der Waals surface area contributed by atoms with Crippen molar-refractivity contribution < 1.29 is 9.90 Å². The van der Waals surface area contributed by atoms with Crippen molar-refractivity contribution >= 4 is 23.3 Å². The maximum absolute atomic E-state index is 12.5. The van der Waals surface area contributed by atoms with Crippen molar-refractivity contribution in [3.63, 3.8) is 0 Å². The lowest BCUT2D eigenvalue weighted by Gasteiger charge is -2.38. The van der Waals surface area contributed by atoms with E-state index in [2.05, 4.69) is 9.88 Å². The van der Waals surface area contributed by atoms with E-state index in [9.17, 15) is 9.90 Å². The van der Waals surface area contributed by atoms with Crippen LogP contribution in [0.15, 0.2) is 18.3 Å². The molecule has 0 atom stereocenters. The Bertz CT molecular complexity index is 535. The fraction of sp³-hybridized carbons (Fsp3) is 0.647. The molecular weight excluding hydrogens is 314 g/mol. The summed E-state index contributed by atoms with van der Waals surface area (Å²) in [5.41, 5.74) is -0.774. The molecule has 1 aromatic heterocycles. The quantitative estimate of drug-likeness (QED) is 0.920. The molecule has 1 N–H and O–H groups in total. The molecule has 0 bridgehead atoms. The first-order valence-corrected chi connectivity index (χ1v) is 8.80. The molecule has 1 aliphatic heterocycles. The van der Waals surface area contributed by atoms with Gasteiger partial charge in [-0.15, -0.1) is 0 Å². The molecule has 2 fully saturated rings. The molecule has 0 aromatic carbocycles. The van der Waals surface area contributed by atoms with Gasteiger partial charge in [-0.05, 0) is 25.0 Å². The van der Waals surface area contributed by atoms with Crippen molar-refractivity contribution in [3.05, 3.63) is 23.4 Å². The molecule has 1 saturated heterocycles. The minimum absolute atomic E-state index is 0.0816. The Morgan fingerprint density at radius 3 is 2.48 bits per heavy atom. The second-order valence-corrected chi connectivity index (χ2v) is 7.10. The standard InChI is InChI=1S/C17H24ClN3O2/c18-14-4-5-15(19-13-14)20-8-10-21(11-9-20)16(22)12-17(23)6-2-1-3-7-17/h4-5,13,23H,1-3,6-12H2. The lowest BCUT2D eigenvalue weighted by molar-refractivity contribution is -0.138. The van der Waals surface area contributed by atoms with E-state index in [0.717, 1.165) is 44.6 Å². The van der Waals surface area contributed by atoms with Crippen molar-refractivity contribution in [1.82, 2.24) is 9.88 Å². The monoisotopic (exact) mass is 337 g/mol. The molecule has 2 aliphatic rings. The number of nitrogens with zero attached hydrogens (tertiary/aromatic N) is 3. The molecule has 126 valence electrons. The number of hydrogen-bond donors (Lipinski definition) is 1. The Balaban J connectivity index is 1.52. The Kier molecular flexibility index (Phi) is 5.07. The number of piperazine rings is 1. The van der Waals surface area contributed by atoms with Crippen molar-refractivity contribution in [2.75, 3.05) is 31.1 Å². The minimum Gasteiger partial charge on any atom is -0.389 e. The third-order valence-corrected chi connectivity index (χ3v) is 5.16. The summed E-state index contributed by atoms with van der Waals surface area (Å²) in [6.07, 6.45) is 6.66. The average molecular weight is 338 g/mol. The average Bonchev–Trinajstić information content (AvgIpc) is 2.56. The van der Waals surface area contributed by atoms with E-state index < -0.39 is 5.60 Å². The third-order valence-electron chi connectivity index (χ3n) is 4.93. The summed E-state index contributed by atoms with van der Waals surface area (Å²) in [5, 5.41) is 11.2. The van der Waals surface area contributed by atoms with E-state index in [0.29, 0.717) is 18.1 Å². The summed E-state index contributed by atoms with van der Waals surface area (Å²) in [6.45, 7) is 2.88. The van der Waals surface area contributed by atoms with Crippen molar-refractivity contribution in [3.8, 4) is 0 Å². The second-order valence-electron chi connectivity index (χ2n) is 6.66. The second kappa shape index (κ2) is 7.05. The SMILES string of the molecule is O=C(CC1(O)CCCCC1)N1CCN(c2ccc(Cl)cn2)CC1. The van der Waals surface area contributed by atoms with Crippen LogP contribution in [0.5, 0.6) is 0 Å². The smallest absolute Gasteiger partial charge is 0.225 e. The van der Waals surface area contributed by atoms with Gasteiger partial charge in [0.25, 0.3) is 0 Å². The van der Waals surface area contributed by atoms with Gasteiger partial charge in [0, 0.05) is 32.4 Å². The van der Waals surface area contributed by atoms with E-state index in [4.69, 9.17) is 11.6 Å². The summed E-state index contributed by atoms with van der Waals surface area (Å²) in [6, 6.07) is 3.74. The first-order chi connectivity index (χ1) is 11.1. The molecule has 0 radical (unpaired) electrons. The first kappa shape index (κ1) is 16.5. The number of aliphatic hydroxyl groups is 1. The molecule has 1 amide bonds. The highest BCUT2D eigenvalue weighted by Crippen LogP contribution is 2.31. The highest BCUT2D eigenvalue weighted by Gasteiger charge is 2.34. The van der Waals surface area contributed by atoms with Gasteiger partial charge in [-0.3, -0.25) is 4.79 Å². The molecule has 2 heterocycles. The fourth-order valence-electron chi connectivity index (χ4n) is 3.52. The van der Waals surface area contributed by atoms with Gasteiger partial charge in [0.05, 0.1) is 17.0 Å². The predicted octanol–water partition coefficient (Wildman–Crippen LogP) is 2.47. The Labute approximate surface area is 142 Å². The Morgan fingerprint density at radius 1 is 1.17 bits per heavy atom. The predicted molar refractivity (Wildman–Crippen MR) is 90.7 cm³/mol. The van der Waals surface area contributed by atoms with Gasteiger partial charge in [-0.1, -0.05) is 30.9 Å². The number of pyridine rings is 1. The van der Waals surface area contributed by atoms with Crippen LogP contribution in [-0.4, -0.2) is 52.7 Å². The number of amides is 1. The number of carbonyl (C=O) groups excluding carboxylic acids is 1. The maximum Gasteiger partial charge on any atom is 0.225 e. The number of halogens is 1. The van der Waals surface area contributed by atoms with Gasteiger partial charge >= 0.3 is 0 Å². The zero-order valence-electron chi connectivity index (χ0n) is 13.4. The number of carbonyl (C=O) groups is 1. The summed E-state index contributed by atoms with van der Waals surface area (Å²) >= 11 is 5.86. The molecule has 1 aromatic rings. The Hall–Kier alpha value is -1.33. The van der Waals surface area contributed by atoms with Gasteiger partial charge in [0.15, 0.2) is 0 Å². The van der Waals surface area contributed by atoms with Gasteiger partial charge in [-0.2, -0.15) is 0 Å². The van der Waals surface area contributed by atoms with Crippen molar-refractivity contribution in [2.45, 2.75) is 44.1 Å². The third kappa shape index (κ3) is 4.15. The van der Waals surface area contributed by atoms with E-state index in [1.54, 1.807) is 6.20 Å². The molecule has 3 rings (SSSR count). The van der Waals surface area contributed by atoms with Crippen molar-refractivity contribution in [2.24, 2.45) is 0 Å². The maximum atomic E-state index is 12.5. The first-order valence-electron chi connectivity index (χ1n) is 8.42. The zero-order chi connectivity index (χ0) is 16.3. The molecule has 5 nitrogen and oxygen atoms in total. The molecule has 0 unspecified atom stereocenters. The van der Waals surface area contributed by atoms with Crippen molar-refractivity contribution in [1.29, 1.82) is 0 Å². The summed E-state index contributed by atoms with van der Waals surface area (Å²) < 4.78 is 0. The molecular formula is C17H24ClN3O2. The fourth-order valence-corrected chi connectivity index (χ4v) is 3.63. The van der Waals surface area contributed by atoms with Gasteiger partial charge < -0.3 is 14.9 Å². The normalized spacial score (nSPS) is 21.3. The van der Waals surface area contributed by atoms with Crippen LogP contribution in [-0.2, 0) is 4.79 Å². The minimum atomic E-state index is -0.774. The van der Waals surface area contributed by atoms with Gasteiger partial charge in [0.2, 0.25) is 5.91 Å². The summed E-state index contributed by atoms with van der Waals surface area (Å²) in [4.78, 5) is 20.8. The number of aromatic nitrogens is 1. The van der Waals surface area contributed by atoms with Gasteiger partial charge in [0.1, 0.15) is 5.82 Å². The molecule has 1 aliphatic carbocycles. The highest BCUT2D eigenvalue weighted by atomic mass is 35.5. The van der Waals surface area contributed by atoms with E-state index in [1.165, 1.54) is 6.42 Å². The van der Waals surface area contributed by atoms with Crippen LogP contribution in [0, 0.1) is 0 Å². The van der Waals surface area contributed by atoms with Crippen LogP contribution in [0.25, 0.3) is 0 Å². The lowest BCUT2D eigenvalue weighted by Crippen LogP contribution is -2.50. The van der Waals surface area contributed by atoms with E-state index >= 15 is 0 Å². The summed E-state index contributed by atoms with van der Waals surface area (Å²) in [7, 11) is 0. The van der Waals surface area contributed by atoms with E-state index in [-0.39, 0.29) is 12.3 Å². The number of anilines is 1. The van der Waals surface area contributed by atoms with Crippen LogP contribution < -0.4 is 4.90 Å². The number of rotatable bonds is 3. The zero-order valence-corrected chi connectivity index (χ0v) is 14.1. The molecule has 1 saturated carbocycles. The topological polar surface area (TPSA) is 56.7 Å². The largest absolute Gasteiger partial charge is 0.389 e.